The molecule has 1 atom stereocenters. The molecule has 0 bridgehead atoms. The molecular formula is C24H20F4N2O3. The number of hydrogen-bond acceptors (Lipinski definition) is 5. The van der Waals surface area contributed by atoms with E-state index in [0.29, 0.717) is 16.9 Å². The molecule has 0 saturated heterocycles. The smallest absolute Gasteiger partial charge is 0.419 e. The van der Waals surface area contributed by atoms with Crippen LogP contribution in [0.25, 0.3) is 11.1 Å². The van der Waals surface area contributed by atoms with Gasteiger partial charge < -0.3 is 19.9 Å². The third kappa shape index (κ3) is 4.06. The molecule has 33 heavy (non-hydrogen) atoms. The minimum atomic E-state index is -4.65. The molecule has 1 aliphatic rings. The predicted molar refractivity (Wildman–Crippen MR) is 115 cm³/mol. The Hall–Kier alpha value is -3.75. The van der Waals surface area contributed by atoms with Gasteiger partial charge in [-0.1, -0.05) is 24.3 Å². The molecule has 0 saturated carbocycles. The molecule has 5 nitrogen and oxygen atoms in total. The molecule has 0 spiro atoms. The average molecular weight is 460 g/mol. The summed E-state index contributed by atoms with van der Waals surface area (Å²) in [5, 5.41) is 0. The lowest BCUT2D eigenvalue weighted by Gasteiger charge is -2.27. The maximum Gasteiger partial charge on any atom is 0.419 e. The van der Waals surface area contributed by atoms with E-state index in [9.17, 15) is 17.6 Å². The summed E-state index contributed by atoms with van der Waals surface area (Å²) in [5.74, 6) is -0.330. The molecule has 0 radical (unpaired) electrons. The lowest BCUT2D eigenvalue weighted by molar-refractivity contribution is -0.138. The average Bonchev–Trinajstić information content (AvgIpc) is 3.21. The molecule has 0 amide bonds. The summed E-state index contributed by atoms with van der Waals surface area (Å²) in [7, 11) is 2.64. The number of alkyl halides is 3. The molecule has 1 unspecified atom stereocenters. The molecule has 3 aromatic rings. The van der Waals surface area contributed by atoms with Crippen molar-refractivity contribution in [2.45, 2.75) is 11.7 Å². The normalized spacial score (nSPS) is 17.9. The zero-order valence-electron chi connectivity index (χ0n) is 17.7. The first-order chi connectivity index (χ1) is 15.7. The van der Waals surface area contributed by atoms with Crippen molar-refractivity contribution in [2.24, 2.45) is 10.7 Å². The van der Waals surface area contributed by atoms with Crippen molar-refractivity contribution in [3.05, 3.63) is 83.2 Å². The zero-order chi connectivity index (χ0) is 23.8. The van der Waals surface area contributed by atoms with E-state index in [0.717, 1.165) is 6.07 Å². The van der Waals surface area contributed by atoms with Crippen molar-refractivity contribution in [1.29, 1.82) is 0 Å². The summed E-state index contributed by atoms with van der Waals surface area (Å²) in [4.78, 5) is 4.38. The Kier molecular flexibility index (Phi) is 5.65. The maximum absolute atomic E-state index is 14.6. The molecule has 9 heteroatoms. The van der Waals surface area contributed by atoms with Crippen LogP contribution in [-0.4, -0.2) is 26.8 Å². The van der Waals surface area contributed by atoms with E-state index in [-0.39, 0.29) is 29.5 Å². The lowest BCUT2D eigenvalue weighted by Crippen LogP contribution is -2.28. The number of rotatable bonds is 5. The topological polar surface area (TPSA) is 66.1 Å². The third-order valence-electron chi connectivity index (χ3n) is 5.54. The fraction of sp³-hybridized carbons (Fsp3) is 0.208. The van der Waals surface area contributed by atoms with E-state index in [1.807, 2.05) is 0 Å². The number of halogens is 4. The van der Waals surface area contributed by atoms with Gasteiger partial charge in [0.1, 0.15) is 23.9 Å². The fourth-order valence-electron chi connectivity index (χ4n) is 3.88. The Bertz CT molecular complexity index is 1230. The first-order valence-corrected chi connectivity index (χ1v) is 9.86. The van der Waals surface area contributed by atoms with Gasteiger partial charge in [-0.05, 0) is 53.1 Å². The van der Waals surface area contributed by atoms with E-state index in [4.69, 9.17) is 19.9 Å². The van der Waals surface area contributed by atoms with Gasteiger partial charge in [0.25, 0.3) is 6.02 Å². The van der Waals surface area contributed by atoms with Crippen molar-refractivity contribution in [1.82, 2.24) is 0 Å². The van der Waals surface area contributed by atoms with Crippen LogP contribution in [0, 0.1) is 5.82 Å². The lowest BCUT2D eigenvalue weighted by atomic mass is 9.82. The van der Waals surface area contributed by atoms with Gasteiger partial charge in [0, 0.05) is 5.56 Å². The van der Waals surface area contributed by atoms with Crippen LogP contribution in [0.2, 0.25) is 0 Å². The van der Waals surface area contributed by atoms with E-state index in [1.54, 1.807) is 30.3 Å². The van der Waals surface area contributed by atoms with Gasteiger partial charge in [-0.3, -0.25) is 0 Å². The molecule has 0 aliphatic carbocycles. The van der Waals surface area contributed by atoms with Crippen LogP contribution in [0.15, 0.2) is 65.7 Å². The molecular weight excluding hydrogens is 440 g/mol. The second kappa shape index (κ2) is 8.31. The Balaban J connectivity index is 1.90. The Morgan fingerprint density at radius 2 is 1.73 bits per heavy atom. The van der Waals surface area contributed by atoms with Crippen molar-refractivity contribution >= 4 is 6.02 Å². The van der Waals surface area contributed by atoms with Gasteiger partial charge in [-0.25, -0.2) is 9.38 Å². The quantitative estimate of drug-likeness (QED) is 0.537. The molecule has 0 fully saturated rings. The molecule has 172 valence electrons. The van der Waals surface area contributed by atoms with Crippen LogP contribution in [0.1, 0.15) is 16.7 Å². The summed E-state index contributed by atoms with van der Waals surface area (Å²) < 4.78 is 71.1. The monoisotopic (exact) mass is 460 g/mol. The maximum atomic E-state index is 14.6. The van der Waals surface area contributed by atoms with Crippen molar-refractivity contribution in [3.8, 4) is 22.6 Å². The van der Waals surface area contributed by atoms with Gasteiger partial charge in [0.15, 0.2) is 5.54 Å². The largest absolute Gasteiger partial charge is 0.497 e. The van der Waals surface area contributed by atoms with Crippen LogP contribution >= 0.6 is 0 Å². The molecule has 2 N–H and O–H groups in total. The molecule has 0 aromatic heterocycles. The number of benzene rings is 3. The van der Waals surface area contributed by atoms with Gasteiger partial charge in [-0.15, -0.1) is 0 Å². The number of nitrogens with two attached hydrogens (primary N) is 1. The first-order valence-electron chi connectivity index (χ1n) is 9.86. The van der Waals surface area contributed by atoms with E-state index >= 15 is 0 Å². The number of ether oxygens (including phenoxy) is 3. The SMILES string of the molecule is COc1ccc(F)c(-c2cccc(C3(c4ccc(OC)c(C(F)(F)F)c4)COC(N)=N3)c2)c1. The van der Waals surface area contributed by atoms with Gasteiger partial charge in [-0.2, -0.15) is 13.2 Å². The van der Waals surface area contributed by atoms with Crippen LogP contribution in [-0.2, 0) is 16.5 Å². The highest BCUT2D eigenvalue weighted by atomic mass is 19.4. The highest BCUT2D eigenvalue weighted by molar-refractivity contribution is 5.76. The third-order valence-corrected chi connectivity index (χ3v) is 5.54. The summed E-state index contributed by atoms with van der Waals surface area (Å²) in [6, 6.07) is 14.6. The Morgan fingerprint density at radius 1 is 0.970 bits per heavy atom. The molecule has 3 aromatic carbocycles. The Labute approximate surface area is 187 Å². The minimum Gasteiger partial charge on any atom is -0.497 e. The van der Waals surface area contributed by atoms with Crippen molar-refractivity contribution in [3.63, 3.8) is 0 Å². The Morgan fingerprint density at radius 3 is 2.36 bits per heavy atom. The van der Waals surface area contributed by atoms with Crippen molar-refractivity contribution in [2.75, 3.05) is 20.8 Å². The molecule has 4 rings (SSSR count). The van der Waals surface area contributed by atoms with Gasteiger partial charge in [0.2, 0.25) is 0 Å². The van der Waals surface area contributed by atoms with E-state index in [1.165, 1.54) is 38.5 Å². The first kappa shape index (κ1) is 22.4. The standard InChI is InChI=1S/C24H20F4N2O3/c1-31-17-7-8-20(25)18(12-17)14-4-3-5-15(10-14)23(13-33-22(29)30-23)16-6-9-21(32-2)19(11-16)24(26,27)28/h3-12H,13H2,1-2H3,(H2,29,30). The number of hydrogen-bond donors (Lipinski definition) is 1. The second-order valence-electron chi connectivity index (χ2n) is 7.44. The zero-order valence-corrected chi connectivity index (χ0v) is 17.7. The number of nitrogens with zero attached hydrogens (tertiary/aromatic N) is 1. The van der Waals surface area contributed by atoms with Gasteiger partial charge >= 0.3 is 6.18 Å². The predicted octanol–water partition coefficient (Wildman–Crippen LogP) is 5.12. The number of amidine groups is 1. The number of methoxy groups -OCH3 is 2. The molecule has 1 aliphatic heterocycles. The summed E-state index contributed by atoms with van der Waals surface area (Å²) >= 11 is 0. The fourth-order valence-corrected chi connectivity index (χ4v) is 3.88. The highest BCUT2D eigenvalue weighted by Crippen LogP contribution is 2.44. The van der Waals surface area contributed by atoms with E-state index < -0.39 is 23.1 Å². The minimum absolute atomic E-state index is 0.119. The summed E-state index contributed by atoms with van der Waals surface area (Å²) in [5.41, 5.74) is 4.93. The summed E-state index contributed by atoms with van der Waals surface area (Å²) in [6.07, 6.45) is -4.65. The van der Waals surface area contributed by atoms with Crippen LogP contribution in [0.4, 0.5) is 17.6 Å². The van der Waals surface area contributed by atoms with Crippen molar-refractivity contribution < 1.29 is 31.8 Å². The second-order valence-corrected chi connectivity index (χ2v) is 7.44. The van der Waals surface area contributed by atoms with Crippen LogP contribution in [0.3, 0.4) is 0 Å². The van der Waals surface area contributed by atoms with Crippen LogP contribution in [0.5, 0.6) is 11.5 Å². The van der Waals surface area contributed by atoms with Crippen LogP contribution < -0.4 is 15.2 Å². The summed E-state index contributed by atoms with van der Waals surface area (Å²) in [6.45, 7) is -0.119. The highest BCUT2D eigenvalue weighted by Gasteiger charge is 2.43. The molecule has 1 heterocycles. The van der Waals surface area contributed by atoms with E-state index in [2.05, 4.69) is 4.99 Å². The number of aliphatic imine (C=N–C) groups is 1. The van der Waals surface area contributed by atoms with Gasteiger partial charge in [0.05, 0.1) is 19.8 Å².